The number of rotatable bonds is 7. The zero-order chi connectivity index (χ0) is 22.5. The van der Waals surface area contributed by atoms with Gasteiger partial charge in [0.1, 0.15) is 17.2 Å². The number of phenols is 1. The second kappa shape index (κ2) is 9.62. The van der Waals surface area contributed by atoms with E-state index in [0.717, 1.165) is 0 Å². The summed E-state index contributed by atoms with van der Waals surface area (Å²) in [7, 11) is 0. The molecule has 0 aliphatic heterocycles. The number of alkyl carbamates (subject to hydrolysis) is 1. The molecule has 0 aliphatic rings. The average molecular weight is 437 g/mol. The first-order valence-electron chi connectivity index (χ1n) is 9.33. The number of hydrogen-bond donors (Lipinski definition) is 4. The summed E-state index contributed by atoms with van der Waals surface area (Å²) in [4.78, 5) is 31.7. The van der Waals surface area contributed by atoms with Crippen molar-refractivity contribution in [2.75, 3.05) is 11.9 Å². The van der Waals surface area contributed by atoms with Crippen LogP contribution < -0.4 is 10.6 Å². The number of carbonyl (C=O) groups is 2. The normalized spacial score (nSPS) is 12.2. The molecule has 4 N–H and O–H groups in total. The molecule has 1 aromatic carbocycles. The van der Waals surface area contributed by atoms with Gasteiger partial charge >= 0.3 is 12.1 Å². The van der Waals surface area contributed by atoms with Crippen molar-refractivity contribution in [1.82, 2.24) is 15.3 Å². The first-order chi connectivity index (χ1) is 14.0. The van der Waals surface area contributed by atoms with E-state index >= 15 is 0 Å². The average Bonchev–Trinajstić information content (AvgIpc) is 2.65. The molecule has 2 rings (SSSR count). The largest absolute Gasteiger partial charge is 0.507 e. The summed E-state index contributed by atoms with van der Waals surface area (Å²) in [6.07, 6.45) is 0.0556. The van der Waals surface area contributed by atoms with Gasteiger partial charge in [0, 0.05) is 23.7 Å². The molecule has 0 saturated heterocycles. The van der Waals surface area contributed by atoms with Crippen molar-refractivity contribution >= 4 is 29.5 Å². The summed E-state index contributed by atoms with van der Waals surface area (Å²) >= 11 is 5.97. The molecule has 10 heteroatoms. The SMILES string of the molecule is CCC(CNc1cc(C(=O)O)nc(-c2cc(Cl)ccc2O)n1)NC(=O)OC(C)(C)C. The summed E-state index contributed by atoms with van der Waals surface area (Å²) in [5.41, 5.74) is -0.671. The van der Waals surface area contributed by atoms with Gasteiger partial charge in [-0.3, -0.25) is 0 Å². The van der Waals surface area contributed by atoms with Crippen LogP contribution in [0.4, 0.5) is 10.6 Å². The minimum absolute atomic E-state index is 0.00514. The van der Waals surface area contributed by atoms with Crippen molar-refractivity contribution in [2.45, 2.75) is 45.8 Å². The van der Waals surface area contributed by atoms with Crippen LogP contribution in [0.1, 0.15) is 44.6 Å². The molecule has 9 nitrogen and oxygen atoms in total. The maximum Gasteiger partial charge on any atom is 0.407 e. The third kappa shape index (κ3) is 6.77. The lowest BCUT2D eigenvalue weighted by Crippen LogP contribution is -2.42. The number of carboxylic acids is 1. The van der Waals surface area contributed by atoms with E-state index in [1.165, 1.54) is 24.3 Å². The monoisotopic (exact) mass is 436 g/mol. The zero-order valence-electron chi connectivity index (χ0n) is 17.2. The number of ether oxygens (including phenoxy) is 1. The molecule has 2 aromatic rings. The number of aromatic carboxylic acids is 1. The number of carbonyl (C=O) groups excluding carboxylic acids is 1. The fourth-order valence-electron chi connectivity index (χ4n) is 2.45. The number of benzene rings is 1. The molecule has 0 spiro atoms. The van der Waals surface area contributed by atoms with Gasteiger partial charge in [0.15, 0.2) is 11.5 Å². The van der Waals surface area contributed by atoms with Crippen molar-refractivity contribution in [3.05, 3.63) is 35.0 Å². The first-order valence-corrected chi connectivity index (χ1v) is 9.71. The van der Waals surface area contributed by atoms with Crippen LogP contribution in [0, 0.1) is 0 Å². The molecule has 1 amide bonds. The maximum absolute atomic E-state index is 12.0. The summed E-state index contributed by atoms with van der Waals surface area (Å²) in [6.45, 7) is 7.47. The Morgan fingerprint density at radius 3 is 2.53 bits per heavy atom. The zero-order valence-corrected chi connectivity index (χ0v) is 17.9. The number of phenolic OH excluding ortho intramolecular Hbond substituents is 1. The van der Waals surface area contributed by atoms with E-state index < -0.39 is 17.7 Å². The molecule has 0 aliphatic carbocycles. The van der Waals surface area contributed by atoms with Crippen LogP contribution in [-0.4, -0.2) is 50.4 Å². The standard InChI is InChI=1S/C20H25ClN4O5/c1-5-12(23-19(29)30-20(2,3)4)10-22-16-9-14(18(27)28)24-17(25-16)13-8-11(21)6-7-15(13)26/h6-9,12,26H,5,10H2,1-4H3,(H,23,29)(H,27,28)(H,22,24,25). The Hall–Kier alpha value is -3.07. The van der Waals surface area contributed by atoms with Crippen LogP contribution in [0.25, 0.3) is 11.4 Å². The van der Waals surface area contributed by atoms with Crippen molar-refractivity contribution in [3.63, 3.8) is 0 Å². The topological polar surface area (TPSA) is 134 Å². The second-order valence-electron chi connectivity index (χ2n) is 7.56. The van der Waals surface area contributed by atoms with E-state index in [4.69, 9.17) is 16.3 Å². The fourth-order valence-corrected chi connectivity index (χ4v) is 2.63. The van der Waals surface area contributed by atoms with Gasteiger partial charge in [0.2, 0.25) is 0 Å². The van der Waals surface area contributed by atoms with Crippen LogP contribution in [0.5, 0.6) is 5.75 Å². The number of nitrogens with one attached hydrogen (secondary N) is 2. The Labute approximate surface area is 179 Å². The fraction of sp³-hybridized carbons (Fsp3) is 0.400. The highest BCUT2D eigenvalue weighted by Gasteiger charge is 2.20. The van der Waals surface area contributed by atoms with E-state index in [0.29, 0.717) is 11.4 Å². The summed E-state index contributed by atoms with van der Waals surface area (Å²) in [5.74, 6) is -1.15. The maximum atomic E-state index is 12.0. The van der Waals surface area contributed by atoms with Gasteiger partial charge in [-0.05, 0) is 45.4 Å². The Morgan fingerprint density at radius 2 is 1.93 bits per heavy atom. The molecule has 1 unspecified atom stereocenters. The van der Waals surface area contributed by atoms with Crippen LogP contribution in [-0.2, 0) is 4.74 Å². The van der Waals surface area contributed by atoms with E-state index in [1.807, 2.05) is 6.92 Å². The Kier molecular flexibility index (Phi) is 7.44. The van der Waals surface area contributed by atoms with Crippen LogP contribution in [0.2, 0.25) is 5.02 Å². The molecule has 1 aromatic heterocycles. The van der Waals surface area contributed by atoms with Crippen molar-refractivity contribution < 1.29 is 24.5 Å². The lowest BCUT2D eigenvalue weighted by atomic mass is 10.2. The quantitative estimate of drug-likeness (QED) is 0.513. The number of halogens is 1. The number of aromatic hydroxyl groups is 1. The van der Waals surface area contributed by atoms with Gasteiger partial charge < -0.3 is 25.6 Å². The molecule has 0 saturated carbocycles. The highest BCUT2D eigenvalue weighted by atomic mass is 35.5. The predicted octanol–water partition coefficient (Wildman–Crippen LogP) is 3.92. The van der Waals surface area contributed by atoms with Gasteiger partial charge in [0.05, 0.1) is 5.56 Å². The van der Waals surface area contributed by atoms with E-state index in [2.05, 4.69) is 20.6 Å². The number of hydrogen-bond acceptors (Lipinski definition) is 7. The Morgan fingerprint density at radius 1 is 1.23 bits per heavy atom. The molecular weight excluding hydrogens is 412 g/mol. The van der Waals surface area contributed by atoms with Crippen molar-refractivity contribution in [3.8, 4) is 17.1 Å². The van der Waals surface area contributed by atoms with Crippen molar-refractivity contribution in [2.24, 2.45) is 0 Å². The van der Waals surface area contributed by atoms with Crippen molar-refractivity contribution in [1.29, 1.82) is 0 Å². The third-order valence-electron chi connectivity index (χ3n) is 3.89. The summed E-state index contributed by atoms with van der Waals surface area (Å²) in [5, 5.41) is 25.6. The molecular formula is C20H25ClN4O5. The molecule has 1 heterocycles. The van der Waals surface area contributed by atoms with Crippen LogP contribution in [0.3, 0.4) is 0 Å². The van der Waals surface area contributed by atoms with E-state index in [-0.39, 0.29) is 41.2 Å². The minimum Gasteiger partial charge on any atom is -0.507 e. The first kappa shape index (κ1) is 23.2. The molecule has 162 valence electrons. The molecule has 30 heavy (non-hydrogen) atoms. The number of nitrogens with zero attached hydrogens (tertiary/aromatic N) is 2. The molecule has 0 radical (unpaired) electrons. The van der Waals surface area contributed by atoms with E-state index in [1.54, 1.807) is 20.8 Å². The van der Waals surface area contributed by atoms with Gasteiger partial charge in [-0.25, -0.2) is 19.6 Å². The predicted molar refractivity (Wildman–Crippen MR) is 113 cm³/mol. The molecule has 0 fully saturated rings. The lowest BCUT2D eigenvalue weighted by Gasteiger charge is -2.23. The Bertz CT molecular complexity index is 930. The third-order valence-corrected chi connectivity index (χ3v) is 4.12. The molecule has 1 atom stereocenters. The number of aromatic nitrogens is 2. The summed E-state index contributed by atoms with van der Waals surface area (Å²) in [6, 6.07) is 5.30. The van der Waals surface area contributed by atoms with Gasteiger partial charge in [-0.2, -0.15) is 0 Å². The number of carboxylic acid groups (broad SMARTS) is 1. The highest BCUT2D eigenvalue weighted by molar-refractivity contribution is 6.30. The number of anilines is 1. The van der Waals surface area contributed by atoms with Gasteiger partial charge in [-0.1, -0.05) is 18.5 Å². The second-order valence-corrected chi connectivity index (χ2v) is 8.00. The highest BCUT2D eigenvalue weighted by Crippen LogP contribution is 2.30. The smallest absolute Gasteiger partial charge is 0.407 e. The summed E-state index contributed by atoms with van der Waals surface area (Å²) < 4.78 is 5.25. The lowest BCUT2D eigenvalue weighted by molar-refractivity contribution is 0.0505. The van der Waals surface area contributed by atoms with E-state index in [9.17, 15) is 19.8 Å². The van der Waals surface area contributed by atoms with Crippen LogP contribution >= 0.6 is 11.6 Å². The molecule has 0 bridgehead atoms. The van der Waals surface area contributed by atoms with Gasteiger partial charge in [-0.15, -0.1) is 0 Å². The number of amides is 1. The van der Waals surface area contributed by atoms with Gasteiger partial charge in [0.25, 0.3) is 0 Å². The Balaban J connectivity index is 2.22. The van der Waals surface area contributed by atoms with Crippen LogP contribution in [0.15, 0.2) is 24.3 Å². The minimum atomic E-state index is -1.25.